The minimum absolute atomic E-state index is 0.118. The summed E-state index contributed by atoms with van der Waals surface area (Å²) in [5.41, 5.74) is 6.13. The second-order valence-corrected chi connectivity index (χ2v) is 4.03. The lowest BCUT2D eigenvalue weighted by atomic mass is 10.2. The van der Waals surface area contributed by atoms with E-state index in [-0.39, 0.29) is 12.5 Å². The number of nitrogens with one attached hydrogen (secondary N) is 1. The first-order chi connectivity index (χ1) is 9.62. The Hall–Kier alpha value is -2.08. The molecule has 0 aromatic heterocycles. The molecule has 0 saturated carbocycles. The molecule has 0 bridgehead atoms. The lowest BCUT2D eigenvalue weighted by Crippen LogP contribution is -2.22. The number of benzene rings is 1. The number of hydrogen-bond acceptors (Lipinski definition) is 5. The van der Waals surface area contributed by atoms with Crippen molar-refractivity contribution in [3.8, 4) is 5.75 Å². The van der Waals surface area contributed by atoms with Crippen molar-refractivity contribution >= 4 is 17.6 Å². The van der Waals surface area contributed by atoms with Crippen molar-refractivity contribution in [3.05, 3.63) is 23.8 Å². The van der Waals surface area contributed by atoms with Gasteiger partial charge in [-0.15, -0.1) is 0 Å². The molecule has 0 unspecified atom stereocenters. The summed E-state index contributed by atoms with van der Waals surface area (Å²) in [5.74, 6) is -0.319. The van der Waals surface area contributed by atoms with E-state index < -0.39 is 5.97 Å². The molecule has 1 aromatic carbocycles. The standard InChI is InChI=1S/C14H20N2O4/c1-3-7-20-12-8-10(14(18)19-4-2)5-6-11(12)16-13(17)9-15/h5-6,8H,3-4,7,9,15H2,1-2H3,(H,16,17). The fraction of sp³-hybridized carbons (Fsp3) is 0.429. The van der Waals surface area contributed by atoms with Gasteiger partial charge >= 0.3 is 5.97 Å². The van der Waals surface area contributed by atoms with Crippen molar-refractivity contribution in [2.75, 3.05) is 25.1 Å². The maximum atomic E-state index is 11.7. The Balaban J connectivity index is 2.99. The summed E-state index contributed by atoms with van der Waals surface area (Å²) in [6.45, 7) is 4.37. The molecule has 110 valence electrons. The van der Waals surface area contributed by atoms with Gasteiger partial charge in [-0.05, 0) is 31.5 Å². The van der Waals surface area contributed by atoms with E-state index in [0.29, 0.717) is 30.2 Å². The molecule has 6 nitrogen and oxygen atoms in total. The van der Waals surface area contributed by atoms with Crippen LogP contribution in [0, 0.1) is 0 Å². The Bertz CT molecular complexity index is 474. The van der Waals surface area contributed by atoms with E-state index in [2.05, 4.69) is 5.32 Å². The van der Waals surface area contributed by atoms with Crippen LogP contribution in [0.25, 0.3) is 0 Å². The highest BCUT2D eigenvalue weighted by molar-refractivity contribution is 5.95. The van der Waals surface area contributed by atoms with Crippen molar-refractivity contribution in [1.29, 1.82) is 0 Å². The molecule has 0 fully saturated rings. The molecule has 0 aliphatic carbocycles. The number of amides is 1. The average Bonchev–Trinajstić information content (AvgIpc) is 2.46. The summed E-state index contributed by atoms with van der Waals surface area (Å²) in [6, 6.07) is 4.73. The number of ether oxygens (including phenoxy) is 2. The molecule has 0 radical (unpaired) electrons. The number of hydrogen-bond donors (Lipinski definition) is 2. The second-order valence-electron chi connectivity index (χ2n) is 4.03. The molecule has 0 aliphatic heterocycles. The highest BCUT2D eigenvalue weighted by atomic mass is 16.5. The maximum absolute atomic E-state index is 11.7. The predicted molar refractivity (Wildman–Crippen MR) is 75.9 cm³/mol. The maximum Gasteiger partial charge on any atom is 0.338 e. The van der Waals surface area contributed by atoms with E-state index in [1.807, 2.05) is 6.92 Å². The van der Waals surface area contributed by atoms with Crippen LogP contribution >= 0.6 is 0 Å². The third-order valence-electron chi connectivity index (χ3n) is 2.41. The van der Waals surface area contributed by atoms with Crippen molar-refractivity contribution in [1.82, 2.24) is 0 Å². The molecule has 1 rings (SSSR count). The summed E-state index contributed by atoms with van der Waals surface area (Å²) in [4.78, 5) is 23.0. The molecule has 6 heteroatoms. The van der Waals surface area contributed by atoms with Crippen LogP contribution in [0.15, 0.2) is 18.2 Å². The van der Waals surface area contributed by atoms with Gasteiger partial charge in [0.2, 0.25) is 5.91 Å². The molecule has 1 amide bonds. The fourth-order valence-electron chi connectivity index (χ4n) is 1.50. The van der Waals surface area contributed by atoms with Crippen molar-refractivity contribution in [2.24, 2.45) is 5.73 Å². The van der Waals surface area contributed by atoms with Gasteiger partial charge in [0, 0.05) is 0 Å². The van der Waals surface area contributed by atoms with Crippen LogP contribution in [-0.2, 0) is 9.53 Å². The first kappa shape index (κ1) is 16.0. The van der Waals surface area contributed by atoms with E-state index in [1.165, 1.54) is 0 Å². The van der Waals surface area contributed by atoms with E-state index in [4.69, 9.17) is 15.2 Å². The Morgan fingerprint density at radius 1 is 1.30 bits per heavy atom. The Morgan fingerprint density at radius 2 is 2.05 bits per heavy atom. The largest absolute Gasteiger partial charge is 0.491 e. The van der Waals surface area contributed by atoms with Gasteiger partial charge in [0.15, 0.2) is 0 Å². The quantitative estimate of drug-likeness (QED) is 0.739. The molecule has 3 N–H and O–H groups in total. The molecular formula is C14H20N2O4. The SMILES string of the molecule is CCCOc1cc(C(=O)OCC)ccc1NC(=O)CN. The molecule has 0 spiro atoms. The van der Waals surface area contributed by atoms with E-state index in [9.17, 15) is 9.59 Å². The molecule has 1 aromatic rings. The molecule has 0 aliphatic rings. The first-order valence-electron chi connectivity index (χ1n) is 6.56. The van der Waals surface area contributed by atoms with E-state index >= 15 is 0 Å². The van der Waals surface area contributed by atoms with Gasteiger partial charge in [0.25, 0.3) is 0 Å². The lowest BCUT2D eigenvalue weighted by molar-refractivity contribution is -0.114. The summed E-state index contributed by atoms with van der Waals surface area (Å²) in [6.07, 6.45) is 0.813. The third kappa shape index (κ3) is 4.55. The van der Waals surface area contributed by atoms with E-state index in [0.717, 1.165) is 6.42 Å². The van der Waals surface area contributed by atoms with Crippen molar-refractivity contribution in [3.63, 3.8) is 0 Å². The van der Waals surface area contributed by atoms with Gasteiger partial charge in [0.05, 0.1) is 31.0 Å². The van der Waals surface area contributed by atoms with Crippen LogP contribution < -0.4 is 15.8 Å². The van der Waals surface area contributed by atoms with Crippen LogP contribution in [0.2, 0.25) is 0 Å². The predicted octanol–water partition coefficient (Wildman–Crippen LogP) is 1.55. The van der Waals surface area contributed by atoms with Gasteiger partial charge in [0.1, 0.15) is 5.75 Å². The van der Waals surface area contributed by atoms with Gasteiger partial charge in [-0.2, -0.15) is 0 Å². The van der Waals surface area contributed by atoms with Gasteiger partial charge < -0.3 is 20.5 Å². The van der Waals surface area contributed by atoms with Crippen LogP contribution in [0.1, 0.15) is 30.6 Å². The molecule has 20 heavy (non-hydrogen) atoms. The zero-order chi connectivity index (χ0) is 15.0. The zero-order valence-corrected chi connectivity index (χ0v) is 11.8. The summed E-state index contributed by atoms with van der Waals surface area (Å²) < 4.78 is 10.5. The van der Waals surface area contributed by atoms with Gasteiger partial charge in [-0.25, -0.2) is 4.79 Å². The summed E-state index contributed by atoms with van der Waals surface area (Å²) in [7, 11) is 0. The molecular weight excluding hydrogens is 260 g/mol. The minimum atomic E-state index is -0.425. The van der Waals surface area contributed by atoms with Crippen LogP contribution in [0.4, 0.5) is 5.69 Å². The zero-order valence-electron chi connectivity index (χ0n) is 11.8. The monoisotopic (exact) mass is 280 g/mol. The number of anilines is 1. The third-order valence-corrected chi connectivity index (χ3v) is 2.41. The lowest BCUT2D eigenvalue weighted by Gasteiger charge is -2.13. The summed E-state index contributed by atoms with van der Waals surface area (Å²) >= 11 is 0. The summed E-state index contributed by atoms with van der Waals surface area (Å²) in [5, 5.41) is 2.63. The normalized spacial score (nSPS) is 9.95. The Kier molecular flexibility index (Phi) is 6.52. The number of carbonyl (C=O) groups excluding carboxylic acids is 2. The van der Waals surface area contributed by atoms with Crippen LogP contribution in [-0.4, -0.2) is 31.6 Å². The van der Waals surface area contributed by atoms with Crippen molar-refractivity contribution in [2.45, 2.75) is 20.3 Å². The number of esters is 1. The number of carbonyl (C=O) groups is 2. The smallest absolute Gasteiger partial charge is 0.338 e. The fourth-order valence-corrected chi connectivity index (χ4v) is 1.50. The molecule has 0 saturated heterocycles. The highest BCUT2D eigenvalue weighted by Gasteiger charge is 2.12. The minimum Gasteiger partial charge on any atom is -0.491 e. The second kappa shape index (κ2) is 8.16. The average molecular weight is 280 g/mol. The Morgan fingerprint density at radius 3 is 2.65 bits per heavy atom. The van der Waals surface area contributed by atoms with Crippen molar-refractivity contribution < 1.29 is 19.1 Å². The molecule has 0 atom stereocenters. The first-order valence-corrected chi connectivity index (χ1v) is 6.56. The van der Waals surface area contributed by atoms with E-state index in [1.54, 1.807) is 25.1 Å². The Labute approximate surface area is 118 Å². The van der Waals surface area contributed by atoms with Gasteiger partial charge in [-0.1, -0.05) is 6.92 Å². The highest BCUT2D eigenvalue weighted by Crippen LogP contribution is 2.26. The topological polar surface area (TPSA) is 90.6 Å². The van der Waals surface area contributed by atoms with Gasteiger partial charge in [-0.3, -0.25) is 4.79 Å². The van der Waals surface area contributed by atoms with Crippen LogP contribution in [0.5, 0.6) is 5.75 Å². The molecule has 0 heterocycles. The van der Waals surface area contributed by atoms with Crippen LogP contribution in [0.3, 0.4) is 0 Å². The number of rotatable bonds is 7. The number of nitrogens with two attached hydrogens (primary N) is 1.